The molecule has 0 aliphatic carbocycles. The molecule has 0 saturated heterocycles. The number of aryl methyl sites for hydroxylation is 3. The zero-order valence-electron chi connectivity index (χ0n) is 16.5. The molecule has 4 rings (SSSR count). The van der Waals surface area contributed by atoms with Crippen LogP contribution in [0.2, 0.25) is 0 Å². The van der Waals surface area contributed by atoms with Gasteiger partial charge in [0.05, 0.1) is 5.39 Å². The van der Waals surface area contributed by atoms with E-state index >= 15 is 0 Å². The van der Waals surface area contributed by atoms with Crippen LogP contribution in [-0.2, 0) is 11.3 Å². The maximum Gasteiger partial charge on any atom is 0.262 e. The molecule has 0 radical (unpaired) electrons. The van der Waals surface area contributed by atoms with Crippen LogP contribution in [0, 0.1) is 20.8 Å². The molecular formula is C23H21N3O2S. The fourth-order valence-electron chi connectivity index (χ4n) is 3.25. The second kappa shape index (κ2) is 7.64. The summed E-state index contributed by atoms with van der Waals surface area (Å²) in [5.41, 5.74) is 3.66. The summed E-state index contributed by atoms with van der Waals surface area (Å²) in [6.07, 6.45) is 0. The van der Waals surface area contributed by atoms with E-state index in [0.717, 1.165) is 27.3 Å². The average molecular weight is 404 g/mol. The molecule has 5 nitrogen and oxygen atoms in total. The highest BCUT2D eigenvalue weighted by Gasteiger charge is 2.15. The van der Waals surface area contributed by atoms with E-state index in [9.17, 15) is 9.59 Å². The lowest BCUT2D eigenvalue weighted by molar-refractivity contribution is -0.116. The third-order valence-corrected chi connectivity index (χ3v) is 5.95. The van der Waals surface area contributed by atoms with Crippen molar-refractivity contribution in [3.05, 3.63) is 81.9 Å². The molecule has 0 saturated carbocycles. The van der Waals surface area contributed by atoms with Gasteiger partial charge in [-0.3, -0.25) is 14.2 Å². The van der Waals surface area contributed by atoms with E-state index < -0.39 is 0 Å². The van der Waals surface area contributed by atoms with E-state index in [1.165, 1.54) is 15.9 Å². The first-order valence-electron chi connectivity index (χ1n) is 9.36. The Bertz CT molecular complexity index is 1270. The topological polar surface area (TPSA) is 64.0 Å². The summed E-state index contributed by atoms with van der Waals surface area (Å²) in [5.74, 6) is 0.281. The number of anilines is 1. The van der Waals surface area contributed by atoms with E-state index in [-0.39, 0.29) is 18.0 Å². The number of hydrogen-bond acceptors (Lipinski definition) is 4. The quantitative estimate of drug-likeness (QED) is 0.538. The van der Waals surface area contributed by atoms with E-state index in [2.05, 4.69) is 10.3 Å². The highest BCUT2D eigenvalue weighted by atomic mass is 32.1. The van der Waals surface area contributed by atoms with Crippen LogP contribution in [0.25, 0.3) is 20.7 Å². The molecule has 0 aliphatic rings. The Labute approximate surface area is 172 Å². The van der Waals surface area contributed by atoms with Crippen LogP contribution in [-0.4, -0.2) is 15.5 Å². The number of carbonyl (C=O) groups excluding carboxylic acids is 1. The van der Waals surface area contributed by atoms with Gasteiger partial charge < -0.3 is 5.32 Å². The van der Waals surface area contributed by atoms with E-state index in [1.54, 1.807) is 6.92 Å². The van der Waals surface area contributed by atoms with Crippen LogP contribution in [0.3, 0.4) is 0 Å². The van der Waals surface area contributed by atoms with Crippen molar-refractivity contribution in [2.75, 3.05) is 5.32 Å². The second-order valence-electron chi connectivity index (χ2n) is 7.11. The zero-order valence-corrected chi connectivity index (χ0v) is 17.3. The minimum Gasteiger partial charge on any atom is -0.324 e. The molecule has 0 unspecified atom stereocenters. The summed E-state index contributed by atoms with van der Waals surface area (Å²) in [6.45, 7) is 5.60. The Morgan fingerprint density at radius 2 is 1.83 bits per heavy atom. The SMILES string of the molecule is Cc1ccc(C)c(NC(=O)Cn2c(C)nc3sc(-c4ccccc4)cc3c2=O)c1. The van der Waals surface area contributed by atoms with Gasteiger partial charge in [0.1, 0.15) is 17.2 Å². The van der Waals surface area contributed by atoms with Crippen LogP contribution in [0.1, 0.15) is 17.0 Å². The molecule has 2 aromatic heterocycles. The average Bonchev–Trinajstić information content (AvgIpc) is 3.13. The number of hydrogen-bond donors (Lipinski definition) is 1. The first-order valence-corrected chi connectivity index (χ1v) is 10.2. The molecule has 0 bridgehead atoms. The number of amides is 1. The van der Waals surface area contributed by atoms with Gasteiger partial charge in [-0.2, -0.15) is 0 Å². The van der Waals surface area contributed by atoms with Gasteiger partial charge in [-0.05, 0) is 49.6 Å². The third-order valence-electron chi connectivity index (χ3n) is 4.87. The van der Waals surface area contributed by atoms with Gasteiger partial charge in [0, 0.05) is 10.6 Å². The maximum atomic E-state index is 13.1. The summed E-state index contributed by atoms with van der Waals surface area (Å²) >= 11 is 1.49. The van der Waals surface area contributed by atoms with Crippen LogP contribution in [0.5, 0.6) is 0 Å². The first-order chi connectivity index (χ1) is 13.9. The molecule has 146 valence electrons. The smallest absolute Gasteiger partial charge is 0.262 e. The van der Waals surface area contributed by atoms with Gasteiger partial charge in [-0.1, -0.05) is 42.5 Å². The molecule has 29 heavy (non-hydrogen) atoms. The Morgan fingerprint density at radius 3 is 2.59 bits per heavy atom. The molecule has 2 heterocycles. The van der Waals surface area contributed by atoms with Gasteiger partial charge in [-0.15, -0.1) is 11.3 Å². The Hall–Kier alpha value is -3.25. The largest absolute Gasteiger partial charge is 0.324 e. The minimum atomic E-state index is -0.247. The monoisotopic (exact) mass is 403 g/mol. The molecule has 4 aromatic rings. The molecular weight excluding hydrogens is 382 g/mol. The number of nitrogens with zero attached hydrogens (tertiary/aromatic N) is 2. The Kier molecular flexibility index (Phi) is 5.03. The predicted octanol–water partition coefficient (Wildman–Crippen LogP) is 4.69. The van der Waals surface area contributed by atoms with Gasteiger partial charge in [0.25, 0.3) is 5.56 Å². The van der Waals surface area contributed by atoms with Crippen molar-refractivity contribution in [1.82, 2.24) is 9.55 Å². The highest BCUT2D eigenvalue weighted by Crippen LogP contribution is 2.30. The lowest BCUT2D eigenvalue weighted by atomic mass is 10.1. The first kappa shape index (κ1) is 19.1. The number of aromatic nitrogens is 2. The van der Waals surface area contributed by atoms with E-state index in [4.69, 9.17) is 0 Å². The number of thiophene rings is 1. The molecule has 1 amide bonds. The van der Waals surface area contributed by atoms with Crippen LogP contribution < -0.4 is 10.9 Å². The third kappa shape index (κ3) is 3.84. The molecule has 1 N–H and O–H groups in total. The summed E-state index contributed by atoms with van der Waals surface area (Å²) in [5, 5.41) is 3.45. The van der Waals surface area contributed by atoms with Crippen molar-refractivity contribution >= 4 is 33.1 Å². The number of nitrogens with one attached hydrogen (secondary N) is 1. The number of fused-ring (bicyclic) bond motifs is 1. The Morgan fingerprint density at radius 1 is 1.07 bits per heavy atom. The van der Waals surface area contributed by atoms with Crippen molar-refractivity contribution in [3.63, 3.8) is 0 Å². The van der Waals surface area contributed by atoms with Crippen LogP contribution in [0.15, 0.2) is 59.4 Å². The normalized spacial score (nSPS) is 11.0. The lowest BCUT2D eigenvalue weighted by Crippen LogP contribution is -2.30. The predicted molar refractivity (Wildman–Crippen MR) is 119 cm³/mol. The van der Waals surface area contributed by atoms with Gasteiger partial charge in [0.2, 0.25) is 5.91 Å². The summed E-state index contributed by atoms with van der Waals surface area (Å²) in [6, 6.07) is 17.7. The molecule has 6 heteroatoms. The van der Waals surface area contributed by atoms with E-state index in [1.807, 2.05) is 68.4 Å². The minimum absolute atomic E-state index is 0.0719. The number of benzene rings is 2. The number of carbonyl (C=O) groups is 1. The molecule has 0 fully saturated rings. The van der Waals surface area contributed by atoms with Crippen molar-refractivity contribution in [3.8, 4) is 10.4 Å². The van der Waals surface area contributed by atoms with Gasteiger partial charge >= 0.3 is 0 Å². The second-order valence-corrected chi connectivity index (χ2v) is 8.14. The fourth-order valence-corrected chi connectivity index (χ4v) is 4.33. The summed E-state index contributed by atoms with van der Waals surface area (Å²) in [7, 11) is 0. The van der Waals surface area contributed by atoms with Crippen molar-refractivity contribution in [2.45, 2.75) is 27.3 Å². The summed E-state index contributed by atoms with van der Waals surface area (Å²) in [4.78, 5) is 31.9. The maximum absolute atomic E-state index is 13.1. The molecule has 2 aromatic carbocycles. The zero-order chi connectivity index (χ0) is 20.5. The fraction of sp³-hybridized carbons (Fsp3) is 0.174. The van der Waals surface area contributed by atoms with E-state index in [0.29, 0.717) is 16.0 Å². The molecule has 0 atom stereocenters. The number of rotatable bonds is 4. The highest BCUT2D eigenvalue weighted by molar-refractivity contribution is 7.21. The summed E-state index contributed by atoms with van der Waals surface area (Å²) < 4.78 is 1.43. The van der Waals surface area contributed by atoms with Gasteiger partial charge in [-0.25, -0.2) is 4.98 Å². The van der Waals surface area contributed by atoms with Crippen molar-refractivity contribution in [2.24, 2.45) is 0 Å². The van der Waals surface area contributed by atoms with Gasteiger partial charge in [0.15, 0.2) is 0 Å². The molecule has 0 aliphatic heterocycles. The van der Waals surface area contributed by atoms with Crippen LogP contribution >= 0.6 is 11.3 Å². The van der Waals surface area contributed by atoms with Crippen molar-refractivity contribution < 1.29 is 4.79 Å². The van der Waals surface area contributed by atoms with Crippen molar-refractivity contribution in [1.29, 1.82) is 0 Å². The Balaban J connectivity index is 1.66. The standard InChI is InChI=1S/C23H21N3O2S/c1-14-9-10-15(2)19(11-14)25-21(27)13-26-16(3)24-22-18(23(26)28)12-20(29-22)17-7-5-4-6-8-17/h4-12H,13H2,1-3H3,(H,25,27). The molecule has 0 spiro atoms. The lowest BCUT2D eigenvalue weighted by Gasteiger charge is -2.12. The van der Waals surface area contributed by atoms with Crippen LogP contribution in [0.4, 0.5) is 5.69 Å².